The van der Waals surface area contributed by atoms with E-state index in [4.69, 9.17) is 16.9 Å². The maximum Gasteiger partial charge on any atom is 0.243 e. The standard InChI is InChI=1S/C16H16ClN3O2S2/c17-16-6-3-14(23-16)12-19-7-9-20(10-8-19)24(21,22)15-4-1-13(11-18)2-5-15/h1-6H,7-10,12H2. The minimum Gasteiger partial charge on any atom is -0.296 e. The van der Waals surface area contributed by atoms with E-state index >= 15 is 0 Å². The second-order valence-corrected chi connectivity index (χ2v) is 9.26. The zero-order valence-corrected chi connectivity index (χ0v) is 15.2. The van der Waals surface area contributed by atoms with Crippen molar-refractivity contribution < 1.29 is 8.42 Å². The van der Waals surface area contributed by atoms with Crippen molar-refractivity contribution in [1.29, 1.82) is 5.26 Å². The Morgan fingerprint density at radius 3 is 2.29 bits per heavy atom. The van der Waals surface area contributed by atoms with Gasteiger partial charge in [-0.2, -0.15) is 9.57 Å². The highest BCUT2D eigenvalue weighted by molar-refractivity contribution is 7.89. The molecule has 0 radical (unpaired) electrons. The van der Waals surface area contributed by atoms with Crippen LogP contribution in [-0.4, -0.2) is 43.8 Å². The van der Waals surface area contributed by atoms with Gasteiger partial charge >= 0.3 is 0 Å². The fourth-order valence-electron chi connectivity index (χ4n) is 2.64. The fraction of sp³-hybridized carbons (Fsp3) is 0.312. The number of hydrogen-bond acceptors (Lipinski definition) is 5. The summed E-state index contributed by atoms with van der Waals surface area (Å²) in [6, 6.07) is 11.9. The van der Waals surface area contributed by atoms with Gasteiger partial charge in [-0.25, -0.2) is 8.42 Å². The van der Waals surface area contributed by atoms with Crippen LogP contribution in [0, 0.1) is 11.3 Å². The molecule has 0 N–H and O–H groups in total. The normalized spacial score (nSPS) is 16.8. The van der Waals surface area contributed by atoms with Gasteiger partial charge in [-0.05, 0) is 36.4 Å². The molecule has 1 saturated heterocycles. The number of benzene rings is 1. The molecule has 0 saturated carbocycles. The van der Waals surface area contributed by atoms with Crippen molar-refractivity contribution in [1.82, 2.24) is 9.21 Å². The zero-order valence-electron chi connectivity index (χ0n) is 12.9. The SMILES string of the molecule is N#Cc1ccc(S(=O)(=O)N2CCN(Cc3ccc(Cl)s3)CC2)cc1. The van der Waals surface area contributed by atoms with Crippen LogP contribution in [0.2, 0.25) is 4.34 Å². The summed E-state index contributed by atoms with van der Waals surface area (Å²) in [7, 11) is -3.50. The summed E-state index contributed by atoms with van der Waals surface area (Å²) in [6.07, 6.45) is 0. The predicted molar refractivity (Wildman–Crippen MR) is 94.5 cm³/mol. The predicted octanol–water partition coefficient (Wildman–Crippen LogP) is 2.78. The Labute approximate surface area is 150 Å². The van der Waals surface area contributed by atoms with E-state index in [-0.39, 0.29) is 4.90 Å². The molecular weight excluding hydrogens is 366 g/mol. The van der Waals surface area contributed by atoms with Crippen LogP contribution < -0.4 is 0 Å². The number of nitrogens with zero attached hydrogens (tertiary/aromatic N) is 3. The molecule has 2 aromatic rings. The topological polar surface area (TPSA) is 64.4 Å². The lowest BCUT2D eigenvalue weighted by Gasteiger charge is -2.33. The summed E-state index contributed by atoms with van der Waals surface area (Å²) in [5.41, 5.74) is 0.452. The van der Waals surface area contributed by atoms with E-state index in [2.05, 4.69) is 4.90 Å². The van der Waals surface area contributed by atoms with Crippen molar-refractivity contribution in [2.75, 3.05) is 26.2 Å². The maximum atomic E-state index is 12.7. The maximum absolute atomic E-state index is 12.7. The number of hydrogen-bond donors (Lipinski definition) is 0. The second kappa shape index (κ2) is 7.21. The van der Waals surface area contributed by atoms with Gasteiger partial charge < -0.3 is 0 Å². The first-order valence-electron chi connectivity index (χ1n) is 7.46. The van der Waals surface area contributed by atoms with Crippen LogP contribution in [0.15, 0.2) is 41.3 Å². The van der Waals surface area contributed by atoms with E-state index in [0.717, 1.165) is 10.9 Å². The number of rotatable bonds is 4. The average Bonchev–Trinajstić information content (AvgIpc) is 3.00. The Morgan fingerprint density at radius 2 is 1.75 bits per heavy atom. The van der Waals surface area contributed by atoms with E-state index in [1.54, 1.807) is 11.3 Å². The van der Waals surface area contributed by atoms with Gasteiger partial charge in [0.25, 0.3) is 0 Å². The number of halogens is 1. The molecule has 2 heterocycles. The quantitative estimate of drug-likeness (QED) is 0.816. The largest absolute Gasteiger partial charge is 0.296 e. The van der Waals surface area contributed by atoms with Crippen LogP contribution in [0.4, 0.5) is 0 Å². The van der Waals surface area contributed by atoms with Crippen LogP contribution in [0.25, 0.3) is 0 Å². The smallest absolute Gasteiger partial charge is 0.243 e. The number of nitriles is 1. The molecule has 126 valence electrons. The second-order valence-electron chi connectivity index (χ2n) is 5.52. The number of sulfonamides is 1. The number of thiophene rings is 1. The Hall–Kier alpha value is -1.43. The van der Waals surface area contributed by atoms with Gasteiger partial charge in [-0.3, -0.25) is 4.90 Å². The molecule has 0 amide bonds. The zero-order chi connectivity index (χ0) is 17.2. The molecule has 1 fully saturated rings. The molecule has 8 heteroatoms. The molecular formula is C16H16ClN3O2S2. The molecule has 0 bridgehead atoms. The molecule has 0 atom stereocenters. The Morgan fingerprint density at radius 1 is 1.08 bits per heavy atom. The third-order valence-corrected chi connectivity index (χ3v) is 7.09. The lowest BCUT2D eigenvalue weighted by Crippen LogP contribution is -2.48. The average molecular weight is 382 g/mol. The van der Waals surface area contributed by atoms with E-state index in [1.165, 1.54) is 33.4 Å². The highest BCUT2D eigenvalue weighted by atomic mass is 35.5. The lowest BCUT2D eigenvalue weighted by atomic mass is 10.2. The van der Waals surface area contributed by atoms with Gasteiger partial charge in [0.15, 0.2) is 0 Å². The minimum atomic E-state index is -3.50. The first-order chi connectivity index (χ1) is 11.5. The third-order valence-electron chi connectivity index (χ3n) is 3.96. The Bertz CT molecular complexity index is 848. The molecule has 0 aliphatic carbocycles. The molecule has 1 aromatic heterocycles. The first-order valence-corrected chi connectivity index (χ1v) is 10.1. The van der Waals surface area contributed by atoms with Crippen LogP contribution in [0.1, 0.15) is 10.4 Å². The fourth-order valence-corrected chi connectivity index (χ4v) is 5.19. The van der Waals surface area contributed by atoms with Crippen molar-refractivity contribution in [2.45, 2.75) is 11.4 Å². The summed E-state index contributed by atoms with van der Waals surface area (Å²) in [5, 5.41) is 8.81. The molecule has 1 aliphatic rings. The summed E-state index contributed by atoms with van der Waals surface area (Å²) in [6.45, 7) is 3.08. The van der Waals surface area contributed by atoms with Crippen LogP contribution in [-0.2, 0) is 16.6 Å². The summed E-state index contributed by atoms with van der Waals surface area (Å²) in [5.74, 6) is 0. The van der Waals surface area contributed by atoms with Gasteiger partial charge in [0, 0.05) is 37.6 Å². The molecule has 0 unspecified atom stereocenters. The van der Waals surface area contributed by atoms with Crippen molar-refractivity contribution >= 4 is 33.0 Å². The lowest BCUT2D eigenvalue weighted by molar-refractivity contribution is 0.183. The molecule has 1 aromatic carbocycles. The van der Waals surface area contributed by atoms with Crippen molar-refractivity contribution in [3.8, 4) is 6.07 Å². The van der Waals surface area contributed by atoms with E-state index < -0.39 is 10.0 Å². The van der Waals surface area contributed by atoms with E-state index in [0.29, 0.717) is 31.7 Å². The van der Waals surface area contributed by atoms with Gasteiger partial charge in [-0.1, -0.05) is 11.6 Å². The van der Waals surface area contributed by atoms with Gasteiger partial charge in [0.2, 0.25) is 10.0 Å². The Balaban J connectivity index is 1.63. The molecule has 3 rings (SSSR count). The van der Waals surface area contributed by atoms with Gasteiger partial charge in [0.1, 0.15) is 0 Å². The number of piperazine rings is 1. The third kappa shape index (κ3) is 3.79. The van der Waals surface area contributed by atoms with E-state index in [1.807, 2.05) is 18.2 Å². The monoisotopic (exact) mass is 381 g/mol. The van der Waals surface area contributed by atoms with Crippen LogP contribution >= 0.6 is 22.9 Å². The van der Waals surface area contributed by atoms with Crippen molar-refractivity contribution in [3.05, 3.63) is 51.2 Å². The summed E-state index contributed by atoms with van der Waals surface area (Å²) in [4.78, 5) is 3.65. The molecule has 1 aliphatic heterocycles. The van der Waals surface area contributed by atoms with Crippen molar-refractivity contribution in [2.24, 2.45) is 0 Å². The molecule has 0 spiro atoms. The summed E-state index contributed by atoms with van der Waals surface area (Å²) >= 11 is 7.50. The first kappa shape index (κ1) is 17.4. The highest BCUT2D eigenvalue weighted by Gasteiger charge is 2.28. The Kier molecular flexibility index (Phi) is 5.23. The minimum absolute atomic E-state index is 0.236. The van der Waals surface area contributed by atoms with Gasteiger partial charge in [-0.15, -0.1) is 11.3 Å². The molecule has 24 heavy (non-hydrogen) atoms. The van der Waals surface area contributed by atoms with E-state index in [9.17, 15) is 8.42 Å². The van der Waals surface area contributed by atoms with Crippen LogP contribution in [0.5, 0.6) is 0 Å². The highest BCUT2D eigenvalue weighted by Crippen LogP contribution is 2.24. The van der Waals surface area contributed by atoms with Gasteiger partial charge in [0.05, 0.1) is 20.9 Å². The van der Waals surface area contributed by atoms with Crippen molar-refractivity contribution in [3.63, 3.8) is 0 Å². The van der Waals surface area contributed by atoms with Crippen LogP contribution in [0.3, 0.4) is 0 Å². The molecule has 5 nitrogen and oxygen atoms in total. The summed E-state index contributed by atoms with van der Waals surface area (Å²) < 4.78 is 27.6.